The van der Waals surface area contributed by atoms with Gasteiger partial charge >= 0.3 is 0 Å². The maximum Gasteiger partial charge on any atom is 0.0820 e. The standard InChI is InChI=1S/C20H25B2N/c1-20(21,22)23(16-8-14-18-10-4-2-5-11-18)17-9-15-19-12-6-3-7-13-19/h2-7,10-13H,8-9,14-17H2,1H3. The van der Waals surface area contributed by atoms with E-state index in [9.17, 15) is 0 Å². The Kier molecular flexibility index (Phi) is 6.98. The molecule has 2 aromatic carbocycles. The van der Waals surface area contributed by atoms with Gasteiger partial charge in [-0.15, -0.1) is 0 Å². The molecule has 0 fully saturated rings. The molecule has 23 heavy (non-hydrogen) atoms. The number of benzene rings is 2. The molecule has 3 heteroatoms. The summed E-state index contributed by atoms with van der Waals surface area (Å²) in [5, 5.41) is -0.757. The van der Waals surface area contributed by atoms with E-state index < -0.39 is 5.34 Å². The van der Waals surface area contributed by atoms with Gasteiger partial charge in [0.15, 0.2) is 0 Å². The molecule has 0 heterocycles. The van der Waals surface area contributed by atoms with E-state index in [1.165, 1.54) is 11.1 Å². The van der Waals surface area contributed by atoms with E-state index in [2.05, 4.69) is 65.6 Å². The van der Waals surface area contributed by atoms with Gasteiger partial charge < -0.3 is 4.90 Å². The second kappa shape index (κ2) is 8.98. The summed E-state index contributed by atoms with van der Waals surface area (Å²) in [5.74, 6) is 0. The molecule has 1 nitrogen and oxygen atoms in total. The maximum absolute atomic E-state index is 6.14. The molecule has 0 spiro atoms. The van der Waals surface area contributed by atoms with Crippen molar-refractivity contribution in [2.45, 2.75) is 37.9 Å². The highest BCUT2D eigenvalue weighted by Gasteiger charge is 2.19. The summed E-state index contributed by atoms with van der Waals surface area (Å²) in [6.07, 6.45) is 4.26. The van der Waals surface area contributed by atoms with E-state index in [1.807, 2.05) is 6.92 Å². The molecule has 0 N–H and O–H groups in total. The molecule has 0 aliphatic carbocycles. The van der Waals surface area contributed by atoms with Gasteiger partial charge in [0.05, 0.1) is 15.7 Å². The molecule has 2 aromatic rings. The minimum absolute atomic E-state index is 0.757. The summed E-state index contributed by atoms with van der Waals surface area (Å²) in [5.41, 5.74) is 2.74. The average Bonchev–Trinajstić information content (AvgIpc) is 2.54. The SMILES string of the molecule is [B]C([B])(C)N(CCCc1ccccc1)CCCc1ccccc1. The van der Waals surface area contributed by atoms with Crippen LogP contribution in [0.2, 0.25) is 0 Å². The predicted molar refractivity (Wildman–Crippen MR) is 101 cm³/mol. The van der Waals surface area contributed by atoms with Crippen LogP contribution in [-0.4, -0.2) is 39.0 Å². The van der Waals surface area contributed by atoms with Crippen molar-refractivity contribution in [1.82, 2.24) is 4.90 Å². The first-order valence-electron chi connectivity index (χ1n) is 8.46. The molecule has 2 rings (SSSR count). The zero-order valence-electron chi connectivity index (χ0n) is 14.1. The molecule has 0 aliphatic heterocycles. The average molecular weight is 301 g/mol. The molecule has 0 saturated carbocycles. The van der Waals surface area contributed by atoms with E-state index in [4.69, 9.17) is 15.7 Å². The van der Waals surface area contributed by atoms with Gasteiger partial charge in [-0.05, 0) is 49.9 Å². The lowest BCUT2D eigenvalue weighted by molar-refractivity contribution is 0.229. The van der Waals surface area contributed by atoms with E-state index in [0.717, 1.165) is 38.8 Å². The molecular formula is C20H25B2N. The Morgan fingerprint density at radius 3 is 1.48 bits per heavy atom. The number of aryl methyl sites for hydroxylation is 2. The Labute approximate surface area is 143 Å². The van der Waals surface area contributed by atoms with Crippen molar-refractivity contribution in [3.63, 3.8) is 0 Å². The summed E-state index contributed by atoms with van der Waals surface area (Å²) in [6.45, 7) is 3.73. The number of nitrogens with zero attached hydrogens (tertiary/aromatic N) is 1. The van der Waals surface area contributed by atoms with E-state index >= 15 is 0 Å². The van der Waals surface area contributed by atoms with Crippen LogP contribution in [-0.2, 0) is 12.8 Å². The van der Waals surface area contributed by atoms with Crippen molar-refractivity contribution in [2.24, 2.45) is 0 Å². The normalized spacial score (nSPS) is 11.7. The largest absolute Gasteiger partial charge is 0.315 e. The summed E-state index contributed by atoms with van der Waals surface area (Å²) >= 11 is 0. The fraction of sp³-hybridized carbons (Fsp3) is 0.400. The first kappa shape index (κ1) is 17.9. The van der Waals surface area contributed by atoms with Gasteiger partial charge in [-0.25, -0.2) is 0 Å². The van der Waals surface area contributed by atoms with Crippen LogP contribution in [0.15, 0.2) is 60.7 Å². The number of hydrogen-bond acceptors (Lipinski definition) is 1. The quantitative estimate of drug-likeness (QED) is 0.640. The Balaban J connectivity index is 1.78. The third-order valence-electron chi connectivity index (χ3n) is 4.15. The zero-order valence-corrected chi connectivity index (χ0v) is 14.1. The molecule has 0 bridgehead atoms. The van der Waals surface area contributed by atoms with Gasteiger partial charge in [-0.2, -0.15) is 0 Å². The smallest absolute Gasteiger partial charge is 0.0820 e. The summed E-state index contributed by atoms with van der Waals surface area (Å²) < 4.78 is 0. The Morgan fingerprint density at radius 1 is 0.739 bits per heavy atom. The van der Waals surface area contributed by atoms with Gasteiger partial charge in [0.25, 0.3) is 0 Å². The van der Waals surface area contributed by atoms with Gasteiger partial charge in [0, 0.05) is 0 Å². The second-order valence-corrected chi connectivity index (χ2v) is 6.39. The van der Waals surface area contributed by atoms with Crippen molar-refractivity contribution < 1.29 is 0 Å². The molecular weight excluding hydrogens is 276 g/mol. The van der Waals surface area contributed by atoms with Gasteiger partial charge in [0.2, 0.25) is 0 Å². The lowest BCUT2D eigenvalue weighted by Gasteiger charge is -2.37. The molecule has 0 saturated heterocycles. The Hall–Kier alpha value is -1.47. The number of hydrogen-bond donors (Lipinski definition) is 0. The van der Waals surface area contributed by atoms with Gasteiger partial charge in [-0.3, -0.25) is 0 Å². The topological polar surface area (TPSA) is 3.24 Å². The minimum Gasteiger partial charge on any atom is -0.315 e. The first-order valence-corrected chi connectivity index (χ1v) is 8.46. The van der Waals surface area contributed by atoms with Crippen LogP contribution in [0.3, 0.4) is 0 Å². The third kappa shape index (κ3) is 6.66. The summed E-state index contributed by atoms with van der Waals surface area (Å²) in [4.78, 5) is 2.19. The first-order chi connectivity index (χ1) is 11.1. The van der Waals surface area contributed by atoms with Crippen molar-refractivity contribution in [2.75, 3.05) is 13.1 Å². The highest BCUT2D eigenvalue weighted by molar-refractivity contribution is 6.39. The van der Waals surface area contributed by atoms with Crippen molar-refractivity contribution in [3.8, 4) is 0 Å². The summed E-state index contributed by atoms with van der Waals surface area (Å²) in [6, 6.07) is 21.1. The highest BCUT2D eigenvalue weighted by atomic mass is 15.2. The maximum atomic E-state index is 6.14. The monoisotopic (exact) mass is 301 g/mol. The van der Waals surface area contributed by atoms with E-state index in [0.29, 0.717) is 0 Å². The van der Waals surface area contributed by atoms with Crippen LogP contribution in [0.4, 0.5) is 0 Å². The minimum atomic E-state index is -0.757. The van der Waals surface area contributed by atoms with E-state index in [-0.39, 0.29) is 0 Å². The van der Waals surface area contributed by atoms with Crippen molar-refractivity contribution in [1.29, 1.82) is 0 Å². The lowest BCUT2D eigenvalue weighted by atomic mass is 9.62. The van der Waals surface area contributed by atoms with Crippen LogP contribution in [0.1, 0.15) is 30.9 Å². The predicted octanol–water partition coefficient (Wildman–Crippen LogP) is 3.56. The fourth-order valence-corrected chi connectivity index (χ4v) is 2.83. The van der Waals surface area contributed by atoms with Crippen LogP contribution < -0.4 is 0 Å². The molecule has 0 aromatic heterocycles. The number of rotatable bonds is 9. The van der Waals surface area contributed by atoms with Crippen LogP contribution in [0.5, 0.6) is 0 Å². The van der Waals surface area contributed by atoms with Crippen LogP contribution in [0.25, 0.3) is 0 Å². The second-order valence-electron chi connectivity index (χ2n) is 6.39. The molecule has 4 radical (unpaired) electrons. The molecule has 0 amide bonds. The van der Waals surface area contributed by atoms with Gasteiger partial charge in [-0.1, -0.05) is 72.9 Å². The fourth-order valence-electron chi connectivity index (χ4n) is 2.83. The van der Waals surface area contributed by atoms with Gasteiger partial charge in [0.1, 0.15) is 0 Å². The molecule has 0 aliphatic rings. The van der Waals surface area contributed by atoms with Crippen LogP contribution >= 0.6 is 0 Å². The van der Waals surface area contributed by atoms with Crippen molar-refractivity contribution in [3.05, 3.63) is 71.8 Å². The highest BCUT2D eigenvalue weighted by Crippen LogP contribution is 2.12. The van der Waals surface area contributed by atoms with Crippen molar-refractivity contribution >= 4 is 15.7 Å². The third-order valence-corrected chi connectivity index (χ3v) is 4.15. The summed E-state index contributed by atoms with van der Waals surface area (Å²) in [7, 11) is 12.3. The molecule has 0 unspecified atom stereocenters. The zero-order chi connectivity index (χ0) is 16.5. The Bertz CT molecular complexity index is 503. The Morgan fingerprint density at radius 2 is 1.13 bits per heavy atom. The van der Waals surface area contributed by atoms with E-state index in [1.54, 1.807) is 0 Å². The molecule has 116 valence electrons. The van der Waals surface area contributed by atoms with Crippen LogP contribution in [0, 0.1) is 0 Å². The molecule has 0 atom stereocenters. The lowest BCUT2D eigenvalue weighted by Crippen LogP contribution is -2.48.